The fourth-order valence-corrected chi connectivity index (χ4v) is 2.93. The average Bonchev–Trinajstić information content (AvgIpc) is 3.17. The van der Waals surface area contributed by atoms with Crippen molar-refractivity contribution in [1.82, 2.24) is 5.32 Å². The molecule has 0 saturated heterocycles. The molecule has 1 aromatic rings. The summed E-state index contributed by atoms with van der Waals surface area (Å²) in [6.45, 7) is 0.739. The highest BCUT2D eigenvalue weighted by Gasteiger charge is 2.53. The number of benzene rings is 1. The fourth-order valence-electron chi connectivity index (χ4n) is 2.17. The molecule has 1 aliphatic rings. The number of carboxylic acid groups (broad SMARTS) is 1. The van der Waals surface area contributed by atoms with Crippen molar-refractivity contribution in [3.8, 4) is 0 Å². The number of halogens is 2. The van der Waals surface area contributed by atoms with Gasteiger partial charge in [-0.1, -0.05) is 29.3 Å². The van der Waals surface area contributed by atoms with E-state index >= 15 is 0 Å². The molecule has 2 rings (SSSR count). The van der Waals surface area contributed by atoms with Crippen molar-refractivity contribution in [2.24, 2.45) is 0 Å². The Kier molecular flexibility index (Phi) is 4.19. The van der Waals surface area contributed by atoms with Gasteiger partial charge in [0, 0.05) is 15.6 Å². The SMILES string of the molecule is CC(O)(CNC(=O)C1(c2c(Cl)cccc2Cl)CC1)C(=O)O. The van der Waals surface area contributed by atoms with Gasteiger partial charge in [0.2, 0.25) is 5.91 Å². The number of hydrogen-bond donors (Lipinski definition) is 3. The molecule has 114 valence electrons. The van der Waals surface area contributed by atoms with Crippen molar-refractivity contribution in [2.75, 3.05) is 6.54 Å². The summed E-state index contributed by atoms with van der Waals surface area (Å²) in [5.41, 5.74) is -2.29. The monoisotopic (exact) mass is 331 g/mol. The van der Waals surface area contributed by atoms with E-state index in [9.17, 15) is 14.7 Å². The molecule has 7 heteroatoms. The molecule has 1 saturated carbocycles. The summed E-state index contributed by atoms with van der Waals surface area (Å²) >= 11 is 12.3. The van der Waals surface area contributed by atoms with Crippen LogP contribution in [0, 0.1) is 0 Å². The van der Waals surface area contributed by atoms with Crippen molar-refractivity contribution in [3.05, 3.63) is 33.8 Å². The molecule has 1 unspecified atom stereocenters. The minimum atomic E-state index is -2.02. The number of carbonyl (C=O) groups excluding carboxylic acids is 1. The molecule has 1 fully saturated rings. The largest absolute Gasteiger partial charge is 0.479 e. The zero-order valence-corrected chi connectivity index (χ0v) is 12.8. The molecular weight excluding hydrogens is 317 g/mol. The van der Waals surface area contributed by atoms with E-state index in [-0.39, 0.29) is 12.5 Å². The number of carboxylic acids is 1. The lowest BCUT2D eigenvalue weighted by Gasteiger charge is -2.22. The van der Waals surface area contributed by atoms with Crippen molar-refractivity contribution >= 4 is 35.1 Å². The van der Waals surface area contributed by atoms with Crippen LogP contribution < -0.4 is 5.32 Å². The highest BCUT2D eigenvalue weighted by Crippen LogP contribution is 2.53. The van der Waals surface area contributed by atoms with Crippen molar-refractivity contribution in [3.63, 3.8) is 0 Å². The Labute approximate surface area is 131 Å². The number of rotatable bonds is 5. The van der Waals surface area contributed by atoms with Gasteiger partial charge in [0.25, 0.3) is 0 Å². The van der Waals surface area contributed by atoms with Crippen LogP contribution in [-0.4, -0.2) is 34.2 Å². The van der Waals surface area contributed by atoms with Gasteiger partial charge in [-0.2, -0.15) is 0 Å². The zero-order chi connectivity index (χ0) is 15.8. The van der Waals surface area contributed by atoms with Gasteiger partial charge >= 0.3 is 5.97 Å². The van der Waals surface area contributed by atoms with Crippen LogP contribution in [0.5, 0.6) is 0 Å². The first-order chi connectivity index (χ1) is 9.70. The van der Waals surface area contributed by atoms with Gasteiger partial charge in [0.05, 0.1) is 12.0 Å². The van der Waals surface area contributed by atoms with Gasteiger partial charge in [0.1, 0.15) is 0 Å². The molecular formula is C14H15Cl2NO4. The second-order valence-electron chi connectivity index (χ2n) is 5.44. The van der Waals surface area contributed by atoms with Crippen molar-refractivity contribution in [2.45, 2.75) is 30.8 Å². The highest BCUT2D eigenvalue weighted by molar-refractivity contribution is 6.36. The molecule has 3 N–H and O–H groups in total. The molecule has 21 heavy (non-hydrogen) atoms. The fraction of sp³-hybridized carbons (Fsp3) is 0.429. The number of carbonyl (C=O) groups is 2. The number of amides is 1. The van der Waals surface area contributed by atoms with Gasteiger partial charge in [-0.3, -0.25) is 4.79 Å². The van der Waals surface area contributed by atoms with Crippen LogP contribution in [0.25, 0.3) is 0 Å². The first-order valence-electron chi connectivity index (χ1n) is 6.39. The van der Waals surface area contributed by atoms with Gasteiger partial charge in [-0.15, -0.1) is 0 Å². The number of nitrogens with one attached hydrogen (secondary N) is 1. The van der Waals surface area contributed by atoms with E-state index in [1.165, 1.54) is 0 Å². The van der Waals surface area contributed by atoms with E-state index in [4.69, 9.17) is 28.3 Å². The number of aliphatic hydroxyl groups is 1. The minimum Gasteiger partial charge on any atom is -0.479 e. The number of hydrogen-bond acceptors (Lipinski definition) is 3. The quantitative estimate of drug-likeness (QED) is 0.769. The Hall–Kier alpha value is -1.30. The molecule has 0 aliphatic heterocycles. The van der Waals surface area contributed by atoms with Crippen LogP contribution in [0.3, 0.4) is 0 Å². The van der Waals surface area contributed by atoms with E-state index in [1.807, 2.05) is 0 Å². The maximum absolute atomic E-state index is 12.4. The first kappa shape index (κ1) is 16.1. The van der Waals surface area contributed by atoms with E-state index in [1.54, 1.807) is 18.2 Å². The third kappa shape index (κ3) is 3.00. The summed E-state index contributed by atoms with van der Waals surface area (Å²) < 4.78 is 0. The standard InChI is InChI=1S/C14H15Cl2NO4/c1-13(21,12(19)20)7-17-11(18)14(5-6-14)10-8(15)3-2-4-9(10)16/h2-4,21H,5-7H2,1H3,(H,17,18)(H,19,20). The summed E-state index contributed by atoms with van der Waals surface area (Å²) in [6, 6.07) is 5.00. The molecule has 0 radical (unpaired) electrons. The average molecular weight is 332 g/mol. The maximum atomic E-state index is 12.4. The Morgan fingerprint density at radius 3 is 2.29 bits per heavy atom. The van der Waals surface area contributed by atoms with Gasteiger partial charge < -0.3 is 15.5 Å². The molecule has 0 spiro atoms. The second-order valence-corrected chi connectivity index (χ2v) is 6.25. The Morgan fingerprint density at radius 1 is 1.33 bits per heavy atom. The van der Waals surface area contributed by atoms with Crippen LogP contribution in [0.15, 0.2) is 18.2 Å². The normalized spacial score (nSPS) is 18.7. The molecule has 1 aliphatic carbocycles. The summed E-state index contributed by atoms with van der Waals surface area (Å²) in [5.74, 6) is -1.78. The van der Waals surface area contributed by atoms with Crippen LogP contribution >= 0.6 is 23.2 Å². The van der Waals surface area contributed by atoms with Gasteiger partial charge in [0.15, 0.2) is 5.60 Å². The molecule has 1 amide bonds. The van der Waals surface area contributed by atoms with E-state index in [0.29, 0.717) is 28.5 Å². The summed E-state index contributed by atoms with van der Waals surface area (Å²) in [7, 11) is 0. The molecule has 0 aromatic heterocycles. The van der Waals surface area contributed by atoms with Crippen LogP contribution in [0.4, 0.5) is 0 Å². The zero-order valence-electron chi connectivity index (χ0n) is 11.3. The lowest BCUT2D eigenvalue weighted by molar-refractivity contribution is -0.156. The van der Waals surface area contributed by atoms with Crippen LogP contribution in [0.2, 0.25) is 10.0 Å². The van der Waals surface area contributed by atoms with Crippen LogP contribution in [0.1, 0.15) is 25.3 Å². The lowest BCUT2D eigenvalue weighted by atomic mass is 9.94. The van der Waals surface area contributed by atoms with Crippen LogP contribution in [-0.2, 0) is 15.0 Å². The number of aliphatic carboxylic acids is 1. The Morgan fingerprint density at radius 2 is 1.86 bits per heavy atom. The van der Waals surface area contributed by atoms with E-state index in [2.05, 4.69) is 5.32 Å². The third-order valence-electron chi connectivity index (χ3n) is 3.68. The highest BCUT2D eigenvalue weighted by atomic mass is 35.5. The smallest absolute Gasteiger partial charge is 0.337 e. The third-order valence-corrected chi connectivity index (χ3v) is 4.31. The molecule has 1 aromatic carbocycles. The van der Waals surface area contributed by atoms with E-state index in [0.717, 1.165) is 6.92 Å². The minimum absolute atomic E-state index is 0.376. The Balaban J connectivity index is 2.18. The Bertz CT molecular complexity index is 576. The second kappa shape index (κ2) is 5.48. The lowest BCUT2D eigenvalue weighted by Crippen LogP contribution is -2.49. The topological polar surface area (TPSA) is 86.6 Å². The molecule has 0 heterocycles. The van der Waals surface area contributed by atoms with Crippen molar-refractivity contribution < 1.29 is 19.8 Å². The summed E-state index contributed by atoms with van der Waals surface area (Å²) in [4.78, 5) is 23.2. The van der Waals surface area contributed by atoms with Crippen molar-refractivity contribution in [1.29, 1.82) is 0 Å². The molecule has 5 nitrogen and oxygen atoms in total. The summed E-state index contributed by atoms with van der Waals surface area (Å²) in [5, 5.41) is 21.8. The molecule has 1 atom stereocenters. The predicted octanol–water partition coefficient (Wildman–Crippen LogP) is 1.98. The maximum Gasteiger partial charge on any atom is 0.337 e. The van der Waals surface area contributed by atoms with E-state index < -0.39 is 17.0 Å². The van der Waals surface area contributed by atoms with Gasteiger partial charge in [-0.05, 0) is 31.9 Å². The molecule has 0 bridgehead atoms. The predicted molar refractivity (Wildman–Crippen MR) is 78.6 cm³/mol. The summed E-state index contributed by atoms with van der Waals surface area (Å²) in [6.07, 6.45) is 1.16. The first-order valence-corrected chi connectivity index (χ1v) is 7.15. The van der Waals surface area contributed by atoms with Gasteiger partial charge in [-0.25, -0.2) is 4.79 Å².